The number of aromatic nitrogens is 2. The van der Waals surface area contributed by atoms with Gasteiger partial charge in [-0.1, -0.05) is 23.9 Å². The molecule has 1 aliphatic rings. The molecule has 180 valence electrons. The molecule has 8 nitrogen and oxygen atoms in total. The van der Waals surface area contributed by atoms with E-state index in [1.54, 1.807) is 0 Å². The van der Waals surface area contributed by atoms with Crippen molar-refractivity contribution < 1.29 is 9.59 Å². The fourth-order valence-corrected chi connectivity index (χ4v) is 5.90. The van der Waals surface area contributed by atoms with Crippen molar-refractivity contribution >= 4 is 68.4 Å². The fraction of sp³-hybridized carbons (Fsp3) is 0.391. The summed E-state index contributed by atoms with van der Waals surface area (Å²) in [6, 6.07) is 7.43. The average Bonchev–Trinajstić information content (AvgIpc) is 3.14. The lowest BCUT2D eigenvalue weighted by molar-refractivity contribution is 0.0924. The number of nitrogens with one attached hydrogen (secondary N) is 2. The van der Waals surface area contributed by atoms with E-state index in [4.69, 9.17) is 10.7 Å². The Bertz CT molecular complexity index is 1230. The quantitative estimate of drug-likeness (QED) is 0.338. The average molecular weight is 517 g/mol. The van der Waals surface area contributed by atoms with Crippen LogP contribution < -0.4 is 16.4 Å². The van der Waals surface area contributed by atoms with Crippen molar-refractivity contribution in [1.82, 2.24) is 20.2 Å². The number of thiophene rings is 1. The molecule has 3 aromatic rings. The number of nitrogens with two attached hydrogens (primary N) is 1. The smallest absolute Gasteiger partial charge is 0.321 e. The number of nitrogens with zero attached hydrogens (tertiary/aromatic N) is 3. The molecule has 1 aliphatic heterocycles. The summed E-state index contributed by atoms with van der Waals surface area (Å²) in [5, 5.41) is 7.21. The predicted octanol–water partition coefficient (Wildman–Crippen LogP) is 4.77. The Morgan fingerprint density at radius 3 is 2.59 bits per heavy atom. The second-order valence-electron chi connectivity index (χ2n) is 8.90. The zero-order valence-electron chi connectivity index (χ0n) is 19.6. The molecule has 0 radical (unpaired) electrons. The van der Waals surface area contributed by atoms with Crippen LogP contribution in [0.15, 0.2) is 29.4 Å². The Balaban J connectivity index is 1.73. The Morgan fingerprint density at radius 2 is 1.91 bits per heavy atom. The number of benzene rings is 1. The number of hydrogen-bond donors (Lipinski definition) is 3. The van der Waals surface area contributed by atoms with Gasteiger partial charge < -0.3 is 21.3 Å². The van der Waals surface area contributed by atoms with Crippen LogP contribution in [0.3, 0.4) is 0 Å². The van der Waals surface area contributed by atoms with E-state index in [1.165, 1.54) is 23.1 Å². The van der Waals surface area contributed by atoms with Gasteiger partial charge in [0.1, 0.15) is 9.71 Å². The van der Waals surface area contributed by atoms with Crippen LogP contribution >= 0.6 is 34.9 Å². The molecular formula is C23H28N6O2S3. The number of carbonyl (C=O) groups excluding carboxylic acids is 2. The molecule has 4 N–H and O–H groups in total. The molecular weight excluding hydrogens is 488 g/mol. The van der Waals surface area contributed by atoms with Crippen LogP contribution in [0.25, 0.3) is 21.5 Å². The van der Waals surface area contributed by atoms with Crippen molar-refractivity contribution in [3.05, 3.63) is 29.1 Å². The van der Waals surface area contributed by atoms with Crippen molar-refractivity contribution in [3.63, 3.8) is 0 Å². The summed E-state index contributed by atoms with van der Waals surface area (Å²) in [5.74, 6) is 1.67. The first-order chi connectivity index (χ1) is 16.2. The first-order valence-corrected chi connectivity index (χ1v) is 14.1. The number of carbonyl (C=O) groups is 2. The van der Waals surface area contributed by atoms with Crippen molar-refractivity contribution in [2.45, 2.75) is 31.5 Å². The van der Waals surface area contributed by atoms with Crippen LogP contribution in [0.1, 0.15) is 30.4 Å². The SMILES string of the molecule is CSc1nc(-c2cccc(NC(=O)N3CCSCC3)c2)c2c(N)c(C(=O)NC(C)(C)C)sc2n1. The molecule has 0 atom stereocenters. The van der Waals surface area contributed by atoms with E-state index in [2.05, 4.69) is 15.6 Å². The fourth-order valence-electron chi connectivity index (χ4n) is 3.58. The number of hydrogen-bond acceptors (Lipinski definition) is 8. The zero-order chi connectivity index (χ0) is 24.5. The standard InChI is InChI=1S/C23H28N6O2S3/c1-23(2,3)28-19(30)18-16(24)15-17(26-21(32-4)27-20(15)34-18)13-6-5-7-14(12-13)25-22(31)29-8-10-33-11-9-29/h5-7,12H,8-11,24H2,1-4H3,(H,25,31)(H,28,30). The van der Waals surface area contributed by atoms with Crippen molar-refractivity contribution in [2.24, 2.45) is 0 Å². The number of fused-ring (bicyclic) bond motifs is 1. The van der Waals surface area contributed by atoms with E-state index in [0.717, 1.165) is 30.2 Å². The highest BCUT2D eigenvalue weighted by Gasteiger charge is 2.25. The van der Waals surface area contributed by atoms with E-state index in [9.17, 15) is 9.59 Å². The summed E-state index contributed by atoms with van der Waals surface area (Å²) < 4.78 is 0. The lowest BCUT2D eigenvalue weighted by atomic mass is 10.1. The molecule has 0 unspecified atom stereocenters. The van der Waals surface area contributed by atoms with E-state index in [0.29, 0.717) is 37.3 Å². The second-order valence-corrected chi connectivity index (χ2v) is 11.9. The molecule has 11 heteroatoms. The van der Waals surface area contributed by atoms with Gasteiger partial charge in [0.25, 0.3) is 5.91 Å². The molecule has 0 saturated carbocycles. The minimum atomic E-state index is -0.391. The zero-order valence-corrected chi connectivity index (χ0v) is 22.0. The predicted molar refractivity (Wildman–Crippen MR) is 144 cm³/mol. The van der Waals surface area contributed by atoms with Gasteiger partial charge in [-0.2, -0.15) is 11.8 Å². The number of thioether (sulfide) groups is 2. The summed E-state index contributed by atoms with van der Waals surface area (Å²) in [5.41, 5.74) is 8.58. The highest BCUT2D eigenvalue weighted by Crippen LogP contribution is 2.40. The van der Waals surface area contributed by atoms with Crippen LogP contribution in [-0.4, -0.2) is 63.2 Å². The van der Waals surface area contributed by atoms with Gasteiger partial charge in [0.2, 0.25) is 0 Å². The Kier molecular flexibility index (Phi) is 7.25. The molecule has 1 saturated heterocycles. The lowest BCUT2D eigenvalue weighted by Crippen LogP contribution is -2.40. The largest absolute Gasteiger partial charge is 0.397 e. The number of anilines is 2. The molecule has 4 rings (SSSR count). The van der Waals surface area contributed by atoms with E-state index in [1.807, 2.05) is 68.0 Å². The molecule has 34 heavy (non-hydrogen) atoms. The lowest BCUT2D eigenvalue weighted by Gasteiger charge is -2.26. The summed E-state index contributed by atoms with van der Waals surface area (Å²) in [6.45, 7) is 7.26. The molecule has 1 fully saturated rings. The summed E-state index contributed by atoms with van der Waals surface area (Å²) >= 11 is 4.55. The van der Waals surface area contributed by atoms with Gasteiger partial charge in [0.15, 0.2) is 5.16 Å². The molecule has 1 aromatic carbocycles. The van der Waals surface area contributed by atoms with Crippen LogP contribution in [0.5, 0.6) is 0 Å². The molecule has 3 heterocycles. The van der Waals surface area contributed by atoms with Gasteiger partial charge in [-0.3, -0.25) is 4.79 Å². The van der Waals surface area contributed by atoms with E-state index in [-0.39, 0.29) is 11.9 Å². The normalized spacial score (nSPS) is 14.3. The minimum Gasteiger partial charge on any atom is -0.397 e. The monoisotopic (exact) mass is 516 g/mol. The molecule has 0 aliphatic carbocycles. The number of urea groups is 1. The molecule has 2 aromatic heterocycles. The number of amides is 3. The summed E-state index contributed by atoms with van der Waals surface area (Å²) in [7, 11) is 0. The third-order valence-electron chi connectivity index (χ3n) is 5.13. The van der Waals surface area contributed by atoms with Crippen molar-refractivity contribution in [3.8, 4) is 11.3 Å². The maximum absolute atomic E-state index is 12.9. The van der Waals surface area contributed by atoms with Crippen molar-refractivity contribution in [1.29, 1.82) is 0 Å². The van der Waals surface area contributed by atoms with Gasteiger partial charge >= 0.3 is 6.03 Å². The highest BCUT2D eigenvalue weighted by atomic mass is 32.2. The topological polar surface area (TPSA) is 113 Å². The first-order valence-electron chi connectivity index (χ1n) is 10.9. The van der Waals surface area contributed by atoms with Gasteiger partial charge in [-0.05, 0) is 39.2 Å². The van der Waals surface area contributed by atoms with Gasteiger partial charge in [0, 0.05) is 41.4 Å². The van der Waals surface area contributed by atoms with Gasteiger partial charge in [-0.15, -0.1) is 11.3 Å². The molecule has 3 amide bonds. The van der Waals surface area contributed by atoms with Crippen LogP contribution in [0.4, 0.5) is 16.2 Å². The van der Waals surface area contributed by atoms with Gasteiger partial charge in [0.05, 0.1) is 16.8 Å². The van der Waals surface area contributed by atoms with Crippen LogP contribution in [0, 0.1) is 0 Å². The number of nitrogen functional groups attached to an aromatic ring is 1. The Morgan fingerprint density at radius 1 is 1.18 bits per heavy atom. The van der Waals surface area contributed by atoms with E-state index < -0.39 is 5.54 Å². The molecule has 0 spiro atoms. The maximum Gasteiger partial charge on any atom is 0.321 e. The second kappa shape index (κ2) is 10.0. The van der Waals surface area contributed by atoms with Gasteiger partial charge in [-0.25, -0.2) is 14.8 Å². The Labute approximate surface area is 211 Å². The summed E-state index contributed by atoms with van der Waals surface area (Å²) in [6.07, 6.45) is 1.91. The number of rotatable bonds is 4. The maximum atomic E-state index is 12.9. The minimum absolute atomic E-state index is 0.105. The van der Waals surface area contributed by atoms with E-state index >= 15 is 0 Å². The Hall–Kier alpha value is -2.50. The summed E-state index contributed by atoms with van der Waals surface area (Å²) in [4.78, 5) is 37.8. The molecule has 0 bridgehead atoms. The van der Waals surface area contributed by atoms with Crippen LogP contribution in [0.2, 0.25) is 0 Å². The highest BCUT2D eigenvalue weighted by molar-refractivity contribution is 7.99. The third kappa shape index (κ3) is 5.42. The first kappa shape index (κ1) is 24.6. The third-order valence-corrected chi connectivity index (χ3v) is 7.72. The van der Waals surface area contributed by atoms with Crippen LogP contribution in [-0.2, 0) is 0 Å². The van der Waals surface area contributed by atoms with Crippen molar-refractivity contribution in [2.75, 3.05) is 41.9 Å².